The van der Waals surface area contributed by atoms with Gasteiger partial charge in [-0.2, -0.15) is 0 Å². The van der Waals surface area contributed by atoms with E-state index in [2.05, 4.69) is 11.6 Å². The molecule has 0 radical (unpaired) electrons. The van der Waals surface area contributed by atoms with Gasteiger partial charge in [0.05, 0.1) is 13.2 Å². The van der Waals surface area contributed by atoms with Gasteiger partial charge in [-0.25, -0.2) is 9.79 Å². The van der Waals surface area contributed by atoms with Gasteiger partial charge in [0.1, 0.15) is 12.2 Å². The van der Waals surface area contributed by atoms with E-state index in [-0.39, 0.29) is 31.1 Å². The maximum atomic E-state index is 11.5. The molecule has 1 rings (SSSR count). The second-order valence-electron chi connectivity index (χ2n) is 3.86. The van der Waals surface area contributed by atoms with Gasteiger partial charge < -0.3 is 14.2 Å². The SMILES string of the molecule is C=C1OC(C)(CC(=O)OCC)N=C1C(=O)OCC. The van der Waals surface area contributed by atoms with Crippen LogP contribution in [0.5, 0.6) is 0 Å². The fraction of sp³-hybridized carbons (Fsp3) is 0.583. The van der Waals surface area contributed by atoms with Gasteiger partial charge in [-0.3, -0.25) is 4.79 Å². The number of esters is 2. The third kappa shape index (κ3) is 3.32. The number of rotatable bonds is 5. The van der Waals surface area contributed by atoms with Gasteiger partial charge in [-0.15, -0.1) is 0 Å². The Morgan fingerprint density at radius 2 is 1.94 bits per heavy atom. The Kier molecular flexibility index (Phi) is 4.47. The molecule has 0 bridgehead atoms. The normalized spacial score (nSPS) is 22.2. The minimum Gasteiger partial charge on any atom is -0.466 e. The molecule has 18 heavy (non-hydrogen) atoms. The van der Waals surface area contributed by atoms with Crippen molar-refractivity contribution in [2.75, 3.05) is 13.2 Å². The molecule has 0 spiro atoms. The molecule has 0 aliphatic carbocycles. The van der Waals surface area contributed by atoms with E-state index in [0.717, 1.165) is 0 Å². The number of hydrogen-bond donors (Lipinski definition) is 0. The van der Waals surface area contributed by atoms with Crippen LogP contribution in [0.25, 0.3) is 0 Å². The zero-order valence-electron chi connectivity index (χ0n) is 10.8. The first-order valence-electron chi connectivity index (χ1n) is 5.72. The molecular weight excluding hydrogens is 238 g/mol. The molecule has 0 aromatic heterocycles. The Morgan fingerprint density at radius 1 is 1.33 bits per heavy atom. The molecule has 0 saturated heterocycles. The smallest absolute Gasteiger partial charge is 0.360 e. The van der Waals surface area contributed by atoms with Crippen molar-refractivity contribution >= 4 is 17.7 Å². The van der Waals surface area contributed by atoms with Gasteiger partial charge in [0.15, 0.2) is 5.71 Å². The molecule has 1 heterocycles. The zero-order valence-corrected chi connectivity index (χ0v) is 10.8. The second kappa shape index (κ2) is 5.66. The Labute approximate surface area is 106 Å². The lowest BCUT2D eigenvalue weighted by Crippen LogP contribution is -2.26. The number of carbonyl (C=O) groups excluding carboxylic acids is 2. The van der Waals surface area contributed by atoms with Gasteiger partial charge in [0.2, 0.25) is 5.72 Å². The van der Waals surface area contributed by atoms with Crippen molar-refractivity contribution in [1.29, 1.82) is 0 Å². The highest BCUT2D eigenvalue weighted by atomic mass is 16.6. The van der Waals surface area contributed by atoms with Gasteiger partial charge in [0.25, 0.3) is 0 Å². The lowest BCUT2D eigenvalue weighted by molar-refractivity contribution is -0.147. The first kappa shape index (κ1) is 14.2. The van der Waals surface area contributed by atoms with Crippen LogP contribution in [0.15, 0.2) is 17.3 Å². The van der Waals surface area contributed by atoms with E-state index in [9.17, 15) is 9.59 Å². The third-order valence-electron chi connectivity index (χ3n) is 2.20. The van der Waals surface area contributed by atoms with Crippen LogP contribution < -0.4 is 0 Å². The minimum absolute atomic E-state index is 0.0173. The molecule has 6 nitrogen and oxygen atoms in total. The molecule has 1 unspecified atom stereocenters. The molecular formula is C12H17NO5. The molecule has 1 aliphatic rings. The average molecular weight is 255 g/mol. The molecule has 100 valence electrons. The van der Waals surface area contributed by atoms with Crippen LogP contribution in [0, 0.1) is 0 Å². The Balaban J connectivity index is 2.78. The van der Waals surface area contributed by atoms with E-state index in [1.54, 1.807) is 20.8 Å². The number of aliphatic imine (C=N–C) groups is 1. The van der Waals surface area contributed by atoms with E-state index in [1.807, 2.05) is 0 Å². The summed E-state index contributed by atoms with van der Waals surface area (Å²) in [7, 11) is 0. The summed E-state index contributed by atoms with van der Waals surface area (Å²) >= 11 is 0. The van der Waals surface area contributed by atoms with Gasteiger partial charge in [-0.1, -0.05) is 6.58 Å². The summed E-state index contributed by atoms with van der Waals surface area (Å²) in [5.41, 5.74) is -1.13. The van der Waals surface area contributed by atoms with E-state index >= 15 is 0 Å². The molecule has 0 fully saturated rings. The van der Waals surface area contributed by atoms with E-state index in [0.29, 0.717) is 0 Å². The largest absolute Gasteiger partial charge is 0.466 e. The van der Waals surface area contributed by atoms with Crippen molar-refractivity contribution < 1.29 is 23.8 Å². The Morgan fingerprint density at radius 3 is 2.50 bits per heavy atom. The lowest BCUT2D eigenvalue weighted by Gasteiger charge is -2.19. The summed E-state index contributed by atoms with van der Waals surface area (Å²) in [6, 6.07) is 0. The average Bonchev–Trinajstić information content (AvgIpc) is 2.54. The Hall–Kier alpha value is -1.85. The summed E-state index contributed by atoms with van der Waals surface area (Å²) < 4.78 is 15.0. The summed E-state index contributed by atoms with van der Waals surface area (Å²) in [5, 5.41) is 0. The fourth-order valence-corrected chi connectivity index (χ4v) is 1.55. The Bertz CT molecular complexity index is 401. The summed E-state index contributed by atoms with van der Waals surface area (Å²) in [5.74, 6) is -0.933. The van der Waals surface area contributed by atoms with E-state index < -0.39 is 17.7 Å². The van der Waals surface area contributed by atoms with Crippen LogP contribution in [-0.2, 0) is 23.8 Å². The summed E-state index contributed by atoms with van der Waals surface area (Å²) in [6.07, 6.45) is -0.0806. The van der Waals surface area contributed by atoms with Crippen molar-refractivity contribution in [3.63, 3.8) is 0 Å². The van der Waals surface area contributed by atoms with Crippen LogP contribution in [0.2, 0.25) is 0 Å². The van der Waals surface area contributed by atoms with Crippen molar-refractivity contribution in [2.45, 2.75) is 32.9 Å². The molecule has 0 aromatic rings. The molecule has 0 amide bonds. The van der Waals surface area contributed by atoms with Crippen LogP contribution in [0.3, 0.4) is 0 Å². The highest BCUT2D eigenvalue weighted by Crippen LogP contribution is 2.29. The van der Waals surface area contributed by atoms with Crippen LogP contribution in [-0.4, -0.2) is 36.6 Å². The number of carbonyl (C=O) groups is 2. The van der Waals surface area contributed by atoms with Crippen LogP contribution >= 0.6 is 0 Å². The topological polar surface area (TPSA) is 74.2 Å². The zero-order chi connectivity index (χ0) is 13.8. The molecule has 0 N–H and O–H groups in total. The van der Waals surface area contributed by atoms with E-state index in [4.69, 9.17) is 14.2 Å². The van der Waals surface area contributed by atoms with Crippen LogP contribution in [0.4, 0.5) is 0 Å². The van der Waals surface area contributed by atoms with Gasteiger partial charge in [0, 0.05) is 0 Å². The highest BCUT2D eigenvalue weighted by Gasteiger charge is 2.40. The third-order valence-corrected chi connectivity index (χ3v) is 2.20. The van der Waals surface area contributed by atoms with Crippen molar-refractivity contribution in [3.8, 4) is 0 Å². The molecule has 0 aromatic carbocycles. The number of hydrogen-bond acceptors (Lipinski definition) is 6. The van der Waals surface area contributed by atoms with Crippen LogP contribution in [0.1, 0.15) is 27.2 Å². The maximum Gasteiger partial charge on any atom is 0.360 e. The molecule has 0 saturated carbocycles. The summed E-state index contributed by atoms with van der Waals surface area (Å²) in [6.45, 7) is 9.08. The lowest BCUT2D eigenvalue weighted by atomic mass is 10.2. The number of ether oxygens (including phenoxy) is 3. The van der Waals surface area contributed by atoms with Gasteiger partial charge in [-0.05, 0) is 20.8 Å². The van der Waals surface area contributed by atoms with Crippen molar-refractivity contribution in [2.24, 2.45) is 4.99 Å². The van der Waals surface area contributed by atoms with Crippen molar-refractivity contribution in [3.05, 3.63) is 12.3 Å². The first-order chi connectivity index (χ1) is 8.41. The number of nitrogens with zero attached hydrogens (tertiary/aromatic N) is 1. The maximum absolute atomic E-state index is 11.5. The summed E-state index contributed by atoms with van der Waals surface area (Å²) in [4.78, 5) is 27.0. The monoisotopic (exact) mass is 255 g/mol. The molecule has 1 atom stereocenters. The molecule has 6 heteroatoms. The standard InChI is InChI=1S/C12H17NO5/c1-5-16-9(14)7-12(4)13-10(8(3)18-12)11(15)17-6-2/h3,5-7H2,1-2,4H3. The minimum atomic E-state index is -1.15. The predicted molar refractivity (Wildman–Crippen MR) is 63.9 cm³/mol. The van der Waals surface area contributed by atoms with Crippen molar-refractivity contribution in [1.82, 2.24) is 0 Å². The predicted octanol–water partition coefficient (Wildman–Crippen LogP) is 1.20. The van der Waals surface area contributed by atoms with Gasteiger partial charge >= 0.3 is 11.9 Å². The molecule has 1 aliphatic heterocycles. The highest BCUT2D eigenvalue weighted by molar-refractivity contribution is 6.43. The second-order valence-corrected chi connectivity index (χ2v) is 3.86. The quantitative estimate of drug-likeness (QED) is 0.690. The first-order valence-corrected chi connectivity index (χ1v) is 5.72. The van der Waals surface area contributed by atoms with E-state index in [1.165, 1.54) is 0 Å². The fourth-order valence-electron chi connectivity index (χ4n) is 1.55.